The molecule has 7 heteroatoms. The van der Waals surface area contributed by atoms with E-state index in [1.165, 1.54) is 6.07 Å². The number of benzene rings is 2. The predicted molar refractivity (Wildman–Crippen MR) is 100 cm³/mol. The molecule has 0 aromatic heterocycles. The Morgan fingerprint density at radius 1 is 0.929 bits per heavy atom. The van der Waals surface area contributed by atoms with Crippen molar-refractivity contribution >= 4 is 11.8 Å². The average Bonchev–Trinajstić information content (AvgIpc) is 2.96. The number of halogens is 2. The molecule has 0 aliphatic carbocycles. The second-order valence-corrected chi connectivity index (χ2v) is 6.68. The van der Waals surface area contributed by atoms with Crippen molar-refractivity contribution in [1.29, 1.82) is 0 Å². The number of carbonyl (C=O) groups is 2. The van der Waals surface area contributed by atoms with Crippen LogP contribution in [0.3, 0.4) is 0 Å². The normalized spacial score (nSPS) is 14.5. The minimum Gasteiger partial charge on any atom is -0.497 e. The molecule has 3 rings (SSSR count). The molecule has 0 spiro atoms. The molecule has 0 atom stereocenters. The molecule has 1 aliphatic heterocycles. The Bertz CT molecular complexity index is 855. The van der Waals surface area contributed by atoms with Crippen molar-refractivity contribution in [3.05, 3.63) is 65.2 Å². The highest BCUT2D eigenvalue weighted by atomic mass is 19.2. The molecule has 2 amide bonds. The van der Waals surface area contributed by atoms with Crippen LogP contribution < -0.4 is 4.74 Å². The lowest BCUT2D eigenvalue weighted by atomic mass is 10.1. The van der Waals surface area contributed by atoms with Crippen LogP contribution in [0.5, 0.6) is 5.75 Å². The number of rotatable bonds is 4. The maximum atomic E-state index is 13.4. The number of nitrogens with zero attached hydrogens (tertiary/aromatic N) is 2. The van der Waals surface area contributed by atoms with E-state index in [0.717, 1.165) is 23.4 Å². The van der Waals surface area contributed by atoms with Gasteiger partial charge in [-0.25, -0.2) is 8.78 Å². The summed E-state index contributed by atoms with van der Waals surface area (Å²) in [7, 11) is 1.59. The highest BCUT2D eigenvalue weighted by molar-refractivity contribution is 5.94. The van der Waals surface area contributed by atoms with E-state index in [9.17, 15) is 18.4 Å². The minimum atomic E-state index is -1.04. The lowest BCUT2D eigenvalue weighted by molar-refractivity contribution is -0.130. The van der Waals surface area contributed by atoms with Gasteiger partial charge in [-0.05, 0) is 42.3 Å². The summed E-state index contributed by atoms with van der Waals surface area (Å²) in [5.41, 5.74) is 1.00. The van der Waals surface area contributed by atoms with Crippen LogP contribution in [0.2, 0.25) is 0 Å². The van der Waals surface area contributed by atoms with Crippen molar-refractivity contribution in [1.82, 2.24) is 9.80 Å². The molecule has 2 aromatic carbocycles. The van der Waals surface area contributed by atoms with Crippen molar-refractivity contribution in [3.8, 4) is 5.75 Å². The van der Waals surface area contributed by atoms with Gasteiger partial charge in [0.2, 0.25) is 5.91 Å². The summed E-state index contributed by atoms with van der Waals surface area (Å²) < 4.78 is 31.6. The van der Waals surface area contributed by atoms with Gasteiger partial charge in [0.15, 0.2) is 11.6 Å². The van der Waals surface area contributed by atoms with E-state index in [1.807, 2.05) is 24.3 Å². The van der Waals surface area contributed by atoms with Crippen molar-refractivity contribution < 1.29 is 23.1 Å². The first-order valence-corrected chi connectivity index (χ1v) is 9.13. The third-order valence-corrected chi connectivity index (χ3v) is 4.82. The lowest BCUT2D eigenvalue weighted by Gasteiger charge is -2.22. The van der Waals surface area contributed by atoms with Gasteiger partial charge in [-0.1, -0.05) is 12.1 Å². The zero-order valence-corrected chi connectivity index (χ0v) is 15.7. The van der Waals surface area contributed by atoms with Gasteiger partial charge < -0.3 is 14.5 Å². The van der Waals surface area contributed by atoms with Crippen LogP contribution in [-0.2, 0) is 11.2 Å². The highest BCUT2D eigenvalue weighted by Gasteiger charge is 2.23. The Kier molecular flexibility index (Phi) is 6.23. The lowest BCUT2D eigenvalue weighted by Crippen LogP contribution is -2.38. The number of hydrogen-bond donors (Lipinski definition) is 0. The van der Waals surface area contributed by atoms with Crippen LogP contribution in [0.15, 0.2) is 42.5 Å². The van der Waals surface area contributed by atoms with E-state index in [0.29, 0.717) is 32.6 Å². The van der Waals surface area contributed by atoms with Gasteiger partial charge in [0, 0.05) is 31.7 Å². The van der Waals surface area contributed by atoms with E-state index >= 15 is 0 Å². The molecule has 28 heavy (non-hydrogen) atoms. The molecule has 1 aliphatic rings. The summed E-state index contributed by atoms with van der Waals surface area (Å²) in [6, 6.07) is 10.5. The molecule has 148 valence electrons. The third-order valence-electron chi connectivity index (χ3n) is 4.82. The summed E-state index contributed by atoms with van der Waals surface area (Å²) in [5, 5.41) is 0. The summed E-state index contributed by atoms with van der Waals surface area (Å²) in [6.07, 6.45) is 0.908. The van der Waals surface area contributed by atoms with E-state index in [1.54, 1.807) is 16.9 Å². The molecular formula is C21H22F2N2O3. The zero-order valence-electron chi connectivity index (χ0n) is 15.7. The number of amides is 2. The van der Waals surface area contributed by atoms with Crippen molar-refractivity contribution in [2.75, 3.05) is 33.3 Å². The minimum absolute atomic E-state index is 0.00714. The van der Waals surface area contributed by atoms with Crippen LogP contribution in [0, 0.1) is 11.6 Å². The Balaban J connectivity index is 1.59. The predicted octanol–water partition coefficient (Wildman–Crippen LogP) is 2.89. The highest BCUT2D eigenvalue weighted by Crippen LogP contribution is 2.15. The van der Waals surface area contributed by atoms with Gasteiger partial charge in [0.25, 0.3) is 5.91 Å². The van der Waals surface area contributed by atoms with Crippen molar-refractivity contribution in [3.63, 3.8) is 0 Å². The first-order chi connectivity index (χ1) is 13.5. The Labute approximate surface area is 162 Å². The van der Waals surface area contributed by atoms with Gasteiger partial charge in [0.05, 0.1) is 13.5 Å². The third kappa shape index (κ3) is 4.65. The first-order valence-electron chi connectivity index (χ1n) is 9.13. The van der Waals surface area contributed by atoms with Crippen LogP contribution >= 0.6 is 0 Å². The molecule has 2 aromatic rings. The maximum absolute atomic E-state index is 13.4. The number of methoxy groups -OCH3 is 1. The number of hydrogen-bond acceptors (Lipinski definition) is 3. The fourth-order valence-corrected chi connectivity index (χ4v) is 3.21. The van der Waals surface area contributed by atoms with Gasteiger partial charge in [0.1, 0.15) is 5.75 Å². The standard InChI is InChI=1S/C21H22F2N2O3/c1-28-17-6-3-15(4-7-17)13-20(26)24-9-2-10-25(12-11-24)21(27)16-5-8-18(22)19(23)14-16/h3-8,14H,2,9-13H2,1H3. The smallest absolute Gasteiger partial charge is 0.254 e. The van der Waals surface area contributed by atoms with E-state index in [2.05, 4.69) is 0 Å². The second kappa shape index (κ2) is 8.82. The molecule has 1 saturated heterocycles. The quantitative estimate of drug-likeness (QED) is 0.809. The fourth-order valence-electron chi connectivity index (χ4n) is 3.21. The average molecular weight is 388 g/mol. The number of carbonyl (C=O) groups excluding carboxylic acids is 2. The van der Waals surface area contributed by atoms with Gasteiger partial charge in [-0.3, -0.25) is 9.59 Å². The van der Waals surface area contributed by atoms with Gasteiger partial charge in [-0.15, -0.1) is 0 Å². The molecule has 0 saturated carbocycles. The summed E-state index contributed by atoms with van der Waals surface area (Å²) in [6.45, 7) is 1.78. The second-order valence-electron chi connectivity index (χ2n) is 6.68. The van der Waals surface area contributed by atoms with E-state index in [4.69, 9.17) is 4.74 Å². The molecule has 0 bridgehead atoms. The Hall–Kier alpha value is -2.96. The molecule has 0 unspecified atom stereocenters. The molecule has 0 N–H and O–H groups in total. The molecule has 5 nitrogen and oxygen atoms in total. The Morgan fingerprint density at radius 3 is 2.29 bits per heavy atom. The van der Waals surface area contributed by atoms with Crippen LogP contribution in [0.1, 0.15) is 22.3 Å². The molecule has 0 radical (unpaired) electrons. The maximum Gasteiger partial charge on any atom is 0.254 e. The van der Waals surface area contributed by atoms with Crippen LogP contribution in [-0.4, -0.2) is 54.9 Å². The van der Waals surface area contributed by atoms with E-state index in [-0.39, 0.29) is 23.8 Å². The molecule has 1 fully saturated rings. The summed E-state index contributed by atoms with van der Waals surface area (Å²) in [5.74, 6) is -1.66. The fraction of sp³-hybridized carbons (Fsp3) is 0.333. The first kappa shape index (κ1) is 19.8. The Morgan fingerprint density at radius 2 is 1.61 bits per heavy atom. The monoisotopic (exact) mass is 388 g/mol. The van der Waals surface area contributed by atoms with E-state index < -0.39 is 11.6 Å². The van der Waals surface area contributed by atoms with Crippen molar-refractivity contribution in [2.45, 2.75) is 12.8 Å². The summed E-state index contributed by atoms with van der Waals surface area (Å²) in [4.78, 5) is 28.5. The van der Waals surface area contributed by atoms with Gasteiger partial charge in [-0.2, -0.15) is 0 Å². The van der Waals surface area contributed by atoms with Crippen molar-refractivity contribution in [2.24, 2.45) is 0 Å². The molecular weight excluding hydrogens is 366 g/mol. The number of ether oxygens (including phenoxy) is 1. The van der Waals surface area contributed by atoms with Crippen LogP contribution in [0.25, 0.3) is 0 Å². The topological polar surface area (TPSA) is 49.9 Å². The SMILES string of the molecule is COc1ccc(CC(=O)N2CCCN(C(=O)c3ccc(F)c(F)c3)CC2)cc1. The summed E-state index contributed by atoms with van der Waals surface area (Å²) >= 11 is 0. The van der Waals surface area contributed by atoms with Gasteiger partial charge >= 0.3 is 0 Å². The largest absolute Gasteiger partial charge is 0.497 e. The van der Waals surface area contributed by atoms with Crippen LogP contribution in [0.4, 0.5) is 8.78 Å². The zero-order chi connectivity index (χ0) is 20.1. The molecule has 1 heterocycles.